The van der Waals surface area contributed by atoms with Crippen molar-refractivity contribution in [2.24, 2.45) is 22.6 Å². The molecule has 60 heavy (non-hydrogen) atoms. The second kappa shape index (κ2) is 17.6. The zero-order valence-electron chi connectivity index (χ0n) is 34.1. The van der Waals surface area contributed by atoms with Crippen LogP contribution in [-0.4, -0.2) is 105 Å². The van der Waals surface area contributed by atoms with E-state index in [1.54, 1.807) is 69.3 Å². The molecule has 9 unspecified atom stereocenters. The van der Waals surface area contributed by atoms with Crippen LogP contribution in [0.4, 0.5) is 0 Å². The van der Waals surface area contributed by atoms with Gasteiger partial charge in [-0.1, -0.05) is 69.3 Å². The van der Waals surface area contributed by atoms with Gasteiger partial charge in [0, 0.05) is 48.9 Å². The number of aliphatic hydroxyl groups excluding tert-OH is 2. The largest absolute Gasteiger partial charge is 0.455 e. The Hall–Kier alpha value is -4.24. The number of carbonyl (C=O) groups is 5. The summed E-state index contributed by atoms with van der Waals surface area (Å²) in [5.41, 5.74) is -6.81. The summed E-state index contributed by atoms with van der Waals surface area (Å²) in [6, 6.07) is 16.6. The Morgan fingerprint density at radius 3 is 2.25 bits per heavy atom. The Bertz CT molecular complexity index is 1980. The van der Waals surface area contributed by atoms with Crippen molar-refractivity contribution < 1.29 is 77.3 Å². The summed E-state index contributed by atoms with van der Waals surface area (Å²) in [6.07, 6.45) is -10.2. The minimum absolute atomic E-state index is 0.0180. The summed E-state index contributed by atoms with van der Waals surface area (Å²) in [6.45, 7) is 8.60. The van der Waals surface area contributed by atoms with Gasteiger partial charge in [-0.15, -0.1) is 9.32 Å². The van der Waals surface area contributed by atoms with Crippen molar-refractivity contribution in [2.75, 3.05) is 12.4 Å². The molecule has 1 aliphatic heterocycles. The lowest BCUT2D eigenvalue weighted by Gasteiger charge is -2.67. The molecule has 1 saturated heterocycles. The molecule has 2 aromatic carbocycles. The molecule has 11 atom stereocenters. The molecule has 0 radical (unpaired) electrons. The fourth-order valence-corrected chi connectivity index (χ4v) is 10.1. The molecule has 2 aromatic rings. The van der Waals surface area contributed by atoms with E-state index in [2.05, 4.69) is 14.4 Å². The van der Waals surface area contributed by atoms with Crippen LogP contribution in [0.15, 0.2) is 71.8 Å². The lowest BCUT2D eigenvalue weighted by atomic mass is 9.44. The van der Waals surface area contributed by atoms with E-state index in [-0.39, 0.29) is 41.9 Å². The van der Waals surface area contributed by atoms with E-state index in [1.807, 2.05) is 0 Å². The molecule has 2 saturated carbocycles. The van der Waals surface area contributed by atoms with Crippen LogP contribution in [0.3, 0.4) is 0 Å². The van der Waals surface area contributed by atoms with Crippen LogP contribution in [-0.2, 0) is 57.2 Å². The highest BCUT2D eigenvalue weighted by Gasteiger charge is 2.78. The van der Waals surface area contributed by atoms with Crippen molar-refractivity contribution in [1.29, 1.82) is 0 Å². The summed E-state index contributed by atoms with van der Waals surface area (Å²) in [7, 11) is 0. The summed E-state index contributed by atoms with van der Waals surface area (Å²) < 4.78 is 34.7. The maximum Gasteiger partial charge on any atom is 0.348 e. The van der Waals surface area contributed by atoms with Crippen molar-refractivity contribution in [2.45, 2.75) is 115 Å². The molecule has 3 aliphatic carbocycles. The molecule has 0 spiro atoms. The standard InChI is InChI=1S/C42H51NO16S/c1-22(25-13-9-7-10-14-25)33(54-30(46)17-18-60-59-58-57-43)38(50)53-27-20-42(51)36(55-37(49)26-15-11-8-12-16-26)34-40(6,35(48)32(47)31(23(27)2)39(42,4)5)28(45)19-29-41(34,21-52-29)56-24(3)44/h7-16,22,27-29,32-34,36,45,47,51H,17-21,43H2,1-6H3/t22?,27?,28?,29?,32?,33?,34?,36?,40?,41-,42+/m0/s1. The minimum Gasteiger partial charge on any atom is -0.455 e. The topological polar surface area (TPSA) is 246 Å². The SMILES string of the molecule is CC(=O)O[C@@]12COC1CC(O)C1(C)C(=O)C(O)C3=C(C)C(OC(=O)C(OC(=O)CCSOOON)C(C)c4ccccc4)C[C@@](O)(C(OC(=O)c4ccccc4)C12)C3(C)C. The summed E-state index contributed by atoms with van der Waals surface area (Å²) >= 11 is 0.689. The van der Waals surface area contributed by atoms with E-state index in [1.165, 1.54) is 26.0 Å². The van der Waals surface area contributed by atoms with E-state index in [0.717, 1.165) is 6.92 Å². The molecular formula is C42H51NO16S. The van der Waals surface area contributed by atoms with Gasteiger partial charge in [-0.25, -0.2) is 9.59 Å². The minimum atomic E-state index is -2.33. The average molecular weight is 858 g/mol. The third kappa shape index (κ3) is 7.89. The summed E-state index contributed by atoms with van der Waals surface area (Å²) in [5, 5.41) is 41.8. The van der Waals surface area contributed by atoms with Gasteiger partial charge in [0.2, 0.25) is 6.10 Å². The molecule has 0 amide bonds. The van der Waals surface area contributed by atoms with Crippen molar-refractivity contribution >= 4 is 41.7 Å². The molecule has 18 heteroatoms. The lowest BCUT2D eigenvalue weighted by molar-refractivity contribution is -0.464. The predicted octanol–water partition coefficient (Wildman–Crippen LogP) is 3.14. The van der Waals surface area contributed by atoms with E-state index in [9.17, 15) is 34.5 Å². The van der Waals surface area contributed by atoms with Gasteiger partial charge in [-0.3, -0.25) is 14.4 Å². The first-order chi connectivity index (χ1) is 28.3. The molecular weight excluding hydrogens is 807 g/mol. The van der Waals surface area contributed by atoms with Crippen molar-refractivity contribution in [3.63, 3.8) is 0 Å². The van der Waals surface area contributed by atoms with Crippen LogP contribution >= 0.6 is 12.0 Å². The zero-order chi connectivity index (χ0) is 43.8. The molecule has 4 aliphatic rings. The van der Waals surface area contributed by atoms with E-state index < -0.39 is 107 Å². The number of rotatable bonds is 14. The molecule has 3 fully saturated rings. The molecule has 5 N–H and O–H groups in total. The van der Waals surface area contributed by atoms with Crippen molar-refractivity contribution in [1.82, 2.24) is 0 Å². The van der Waals surface area contributed by atoms with Crippen LogP contribution in [0.5, 0.6) is 0 Å². The van der Waals surface area contributed by atoms with Crippen LogP contribution < -0.4 is 5.90 Å². The van der Waals surface area contributed by atoms with Crippen LogP contribution in [0.25, 0.3) is 0 Å². The molecule has 326 valence electrons. The smallest absolute Gasteiger partial charge is 0.348 e. The number of ether oxygens (including phenoxy) is 5. The molecule has 2 bridgehead atoms. The highest BCUT2D eigenvalue weighted by atomic mass is 32.2. The fraction of sp³-hybridized carbons (Fsp3) is 0.548. The van der Waals surface area contributed by atoms with E-state index >= 15 is 4.79 Å². The van der Waals surface area contributed by atoms with Gasteiger partial charge in [-0.2, -0.15) is 5.90 Å². The van der Waals surface area contributed by atoms with Crippen molar-refractivity contribution in [3.05, 3.63) is 82.9 Å². The van der Waals surface area contributed by atoms with Gasteiger partial charge in [0.25, 0.3) is 0 Å². The predicted molar refractivity (Wildman–Crippen MR) is 208 cm³/mol. The monoisotopic (exact) mass is 857 g/mol. The Kier molecular flexibility index (Phi) is 13.3. The summed E-state index contributed by atoms with van der Waals surface area (Å²) in [5.74, 6) is -1.91. The summed E-state index contributed by atoms with van der Waals surface area (Å²) in [4.78, 5) is 73.5. The molecule has 17 nitrogen and oxygen atoms in total. The fourth-order valence-electron chi connectivity index (χ4n) is 9.66. The normalized spacial score (nSPS) is 32.7. The third-order valence-electron chi connectivity index (χ3n) is 13.0. The maximum absolute atomic E-state index is 15.0. The zero-order valence-corrected chi connectivity index (χ0v) is 34.9. The van der Waals surface area contributed by atoms with E-state index in [4.69, 9.17) is 29.6 Å². The number of hydrogen-bond acceptors (Lipinski definition) is 18. The second-order valence-electron chi connectivity index (χ2n) is 16.5. The number of carbonyl (C=O) groups excluding carboxylic acids is 5. The number of aliphatic hydroxyl groups is 3. The highest BCUT2D eigenvalue weighted by molar-refractivity contribution is 7.94. The number of benzene rings is 2. The first kappa shape index (κ1) is 45.3. The van der Waals surface area contributed by atoms with Gasteiger partial charge < -0.3 is 39.0 Å². The average Bonchev–Trinajstić information content (AvgIpc) is 3.21. The number of esters is 4. The lowest BCUT2D eigenvalue weighted by Crippen LogP contribution is -2.81. The van der Waals surface area contributed by atoms with Gasteiger partial charge >= 0.3 is 23.9 Å². The number of Topliss-reactive ketones (excluding diaryl/α,β-unsaturated/α-hetero) is 1. The van der Waals surface area contributed by atoms with Crippen LogP contribution in [0.1, 0.15) is 82.6 Å². The Balaban J connectivity index is 1.46. The van der Waals surface area contributed by atoms with E-state index in [0.29, 0.717) is 17.6 Å². The van der Waals surface area contributed by atoms with Gasteiger partial charge in [0.05, 0.1) is 36.0 Å². The van der Waals surface area contributed by atoms with Gasteiger partial charge in [-0.05, 0) is 47.7 Å². The quantitative estimate of drug-likeness (QED) is 0.0405. The highest BCUT2D eigenvalue weighted by Crippen LogP contribution is 2.64. The molecule has 0 aromatic heterocycles. The Morgan fingerprint density at radius 1 is 1.00 bits per heavy atom. The van der Waals surface area contributed by atoms with Gasteiger partial charge in [0.15, 0.2) is 11.4 Å². The second-order valence-corrected chi connectivity index (χ2v) is 17.3. The van der Waals surface area contributed by atoms with Gasteiger partial charge in [0.1, 0.15) is 30.0 Å². The maximum atomic E-state index is 15.0. The number of fused-ring (bicyclic) bond motifs is 5. The number of hydrogen-bond donors (Lipinski definition) is 4. The number of nitrogens with two attached hydrogens (primary N) is 1. The molecule has 6 rings (SSSR count). The molecule has 1 heterocycles. The first-order valence-corrected chi connectivity index (χ1v) is 20.4. The number of ketones is 1. The first-order valence-electron chi connectivity index (χ1n) is 19.5. The Morgan fingerprint density at radius 2 is 1.65 bits per heavy atom. The third-order valence-corrected chi connectivity index (χ3v) is 13.5. The van der Waals surface area contributed by atoms with Crippen LogP contribution in [0, 0.1) is 16.7 Å². The Labute approximate surface area is 350 Å². The van der Waals surface area contributed by atoms with Crippen molar-refractivity contribution in [3.8, 4) is 0 Å². The van der Waals surface area contributed by atoms with Crippen LogP contribution in [0.2, 0.25) is 0 Å².